The summed E-state index contributed by atoms with van der Waals surface area (Å²) in [4.78, 5) is 0. The van der Waals surface area contributed by atoms with E-state index < -0.39 is 5.82 Å². The summed E-state index contributed by atoms with van der Waals surface area (Å²) in [6.45, 7) is 0.851. The van der Waals surface area contributed by atoms with Gasteiger partial charge in [-0.25, -0.2) is 4.39 Å². The molecule has 0 aliphatic carbocycles. The van der Waals surface area contributed by atoms with E-state index in [2.05, 4.69) is 17.2 Å². The highest BCUT2D eigenvalue weighted by molar-refractivity contribution is 5.48. The average Bonchev–Trinajstić information content (AvgIpc) is 2.18. The number of halogens is 1. The quantitative estimate of drug-likeness (QED) is 0.422. The van der Waals surface area contributed by atoms with Crippen molar-refractivity contribution in [3.05, 3.63) is 29.6 Å². The molecule has 0 saturated heterocycles. The second kappa shape index (κ2) is 5.25. The molecule has 2 nitrogen and oxygen atoms in total. The zero-order chi connectivity index (χ0) is 10.4. The average molecular weight is 192 g/mol. The van der Waals surface area contributed by atoms with Crippen molar-refractivity contribution in [2.75, 3.05) is 19.3 Å². The molecule has 0 aliphatic rings. The summed E-state index contributed by atoms with van der Waals surface area (Å²) in [7, 11) is 1.87. The van der Waals surface area contributed by atoms with E-state index in [1.807, 2.05) is 7.05 Å². The van der Waals surface area contributed by atoms with Gasteiger partial charge in [-0.3, -0.25) is 0 Å². The van der Waals surface area contributed by atoms with Crippen molar-refractivity contribution in [2.24, 2.45) is 0 Å². The van der Waals surface area contributed by atoms with E-state index in [1.165, 1.54) is 6.07 Å². The second-order valence-corrected chi connectivity index (χ2v) is 2.89. The van der Waals surface area contributed by atoms with Crippen LogP contribution in [0.5, 0.6) is 0 Å². The molecular weight excluding hydrogens is 179 g/mol. The van der Waals surface area contributed by atoms with Gasteiger partial charge in [-0.15, -0.1) is 0 Å². The predicted octanol–water partition coefficient (Wildman–Crippen LogP) is 1.37. The Morgan fingerprint density at radius 1 is 1.50 bits per heavy atom. The molecule has 3 N–H and O–H groups in total. The highest BCUT2D eigenvalue weighted by atomic mass is 19.1. The van der Waals surface area contributed by atoms with Crippen LogP contribution in [-0.4, -0.2) is 13.6 Å². The van der Waals surface area contributed by atoms with Gasteiger partial charge in [0.25, 0.3) is 0 Å². The molecule has 74 valence electrons. The van der Waals surface area contributed by atoms with Crippen LogP contribution in [0.25, 0.3) is 0 Å². The lowest BCUT2D eigenvalue weighted by Crippen LogP contribution is -2.05. The summed E-state index contributed by atoms with van der Waals surface area (Å²) < 4.78 is 12.8. The number of nitrogen functional groups attached to an aromatic ring is 1. The van der Waals surface area contributed by atoms with Gasteiger partial charge in [0.2, 0.25) is 0 Å². The molecule has 0 atom stereocenters. The largest absolute Gasteiger partial charge is 0.396 e. The number of benzene rings is 1. The first-order valence-electron chi connectivity index (χ1n) is 4.42. The van der Waals surface area contributed by atoms with E-state index in [9.17, 15) is 4.39 Å². The lowest BCUT2D eigenvalue weighted by atomic mass is 10.2. The van der Waals surface area contributed by atoms with Crippen molar-refractivity contribution in [2.45, 2.75) is 6.42 Å². The summed E-state index contributed by atoms with van der Waals surface area (Å²) in [5.74, 6) is 5.47. The third-order valence-electron chi connectivity index (χ3n) is 1.73. The molecule has 0 fully saturated rings. The molecule has 0 spiro atoms. The smallest absolute Gasteiger partial charge is 0.146 e. The van der Waals surface area contributed by atoms with Gasteiger partial charge < -0.3 is 11.1 Å². The van der Waals surface area contributed by atoms with Gasteiger partial charge >= 0.3 is 0 Å². The minimum Gasteiger partial charge on any atom is -0.396 e. The Bertz CT molecular complexity index is 363. The van der Waals surface area contributed by atoms with Crippen LogP contribution in [0.1, 0.15) is 12.0 Å². The maximum absolute atomic E-state index is 12.8. The normalized spacial score (nSPS) is 9.29. The van der Waals surface area contributed by atoms with Gasteiger partial charge in [0, 0.05) is 18.5 Å². The fourth-order valence-corrected chi connectivity index (χ4v) is 0.974. The monoisotopic (exact) mass is 192 g/mol. The Hall–Kier alpha value is -1.53. The van der Waals surface area contributed by atoms with Crippen molar-refractivity contribution in [3.63, 3.8) is 0 Å². The highest BCUT2D eigenvalue weighted by Gasteiger charge is 1.96. The highest BCUT2D eigenvalue weighted by Crippen LogP contribution is 2.10. The molecule has 3 heteroatoms. The van der Waals surface area contributed by atoms with Crippen LogP contribution in [0.4, 0.5) is 10.1 Å². The van der Waals surface area contributed by atoms with Crippen LogP contribution in [0.15, 0.2) is 18.2 Å². The summed E-state index contributed by atoms with van der Waals surface area (Å²) in [6.07, 6.45) is 0.772. The molecule has 0 radical (unpaired) electrons. The van der Waals surface area contributed by atoms with Crippen molar-refractivity contribution >= 4 is 5.69 Å². The summed E-state index contributed by atoms with van der Waals surface area (Å²) in [5, 5.41) is 2.99. The van der Waals surface area contributed by atoms with Crippen LogP contribution in [0, 0.1) is 17.7 Å². The van der Waals surface area contributed by atoms with Crippen molar-refractivity contribution in [1.29, 1.82) is 0 Å². The zero-order valence-electron chi connectivity index (χ0n) is 8.10. The van der Waals surface area contributed by atoms with Crippen LogP contribution in [-0.2, 0) is 0 Å². The van der Waals surface area contributed by atoms with Crippen LogP contribution in [0.3, 0.4) is 0 Å². The van der Waals surface area contributed by atoms with Gasteiger partial charge in [-0.1, -0.05) is 11.8 Å². The van der Waals surface area contributed by atoms with Crippen LogP contribution in [0.2, 0.25) is 0 Å². The lowest BCUT2D eigenvalue weighted by molar-refractivity contribution is 0.632. The van der Waals surface area contributed by atoms with Crippen LogP contribution >= 0.6 is 0 Å². The lowest BCUT2D eigenvalue weighted by Gasteiger charge is -1.95. The second-order valence-electron chi connectivity index (χ2n) is 2.89. The predicted molar refractivity (Wildman–Crippen MR) is 56.2 cm³/mol. The maximum atomic E-state index is 12.8. The molecule has 0 unspecified atom stereocenters. The first-order valence-corrected chi connectivity index (χ1v) is 4.42. The SMILES string of the molecule is CNCCC#Cc1ccc(F)c(N)c1. The zero-order valence-corrected chi connectivity index (χ0v) is 8.10. The van der Waals surface area contributed by atoms with Gasteiger partial charge in [0.1, 0.15) is 5.82 Å². The molecule has 0 amide bonds. The first kappa shape index (κ1) is 10.6. The minimum atomic E-state index is -0.397. The number of anilines is 1. The molecular formula is C11H13FN2. The number of nitrogens with one attached hydrogen (secondary N) is 1. The molecule has 1 rings (SSSR count). The third-order valence-corrected chi connectivity index (χ3v) is 1.73. The van der Waals surface area contributed by atoms with E-state index >= 15 is 0 Å². The number of hydrogen-bond acceptors (Lipinski definition) is 2. The Labute approximate surface area is 83.3 Å². The Morgan fingerprint density at radius 2 is 2.29 bits per heavy atom. The third kappa shape index (κ3) is 3.08. The van der Waals surface area contributed by atoms with Crippen LogP contribution < -0.4 is 11.1 Å². The van der Waals surface area contributed by atoms with Gasteiger partial charge in [-0.2, -0.15) is 0 Å². The number of hydrogen-bond donors (Lipinski definition) is 2. The minimum absolute atomic E-state index is 0.144. The van der Waals surface area contributed by atoms with E-state index in [0.29, 0.717) is 0 Å². The molecule has 0 saturated carbocycles. The fourth-order valence-electron chi connectivity index (χ4n) is 0.974. The summed E-state index contributed by atoms with van der Waals surface area (Å²) in [6, 6.07) is 4.50. The summed E-state index contributed by atoms with van der Waals surface area (Å²) >= 11 is 0. The molecule has 1 aromatic rings. The standard InChI is InChI=1S/C11H13FN2/c1-14-7-3-2-4-9-5-6-10(12)11(13)8-9/h5-6,8,14H,3,7,13H2,1H3. The maximum Gasteiger partial charge on any atom is 0.146 e. The van der Waals surface area contributed by atoms with E-state index in [-0.39, 0.29) is 5.69 Å². The fraction of sp³-hybridized carbons (Fsp3) is 0.273. The molecule has 0 aliphatic heterocycles. The van der Waals surface area contributed by atoms with Crippen molar-refractivity contribution in [1.82, 2.24) is 5.32 Å². The number of rotatable bonds is 2. The Kier molecular flexibility index (Phi) is 3.96. The molecule has 0 bridgehead atoms. The van der Waals surface area contributed by atoms with Crippen molar-refractivity contribution < 1.29 is 4.39 Å². The summed E-state index contributed by atoms with van der Waals surface area (Å²) in [5.41, 5.74) is 6.29. The van der Waals surface area contributed by atoms with E-state index in [1.54, 1.807) is 12.1 Å². The van der Waals surface area contributed by atoms with Gasteiger partial charge in [0.05, 0.1) is 5.69 Å². The van der Waals surface area contributed by atoms with Gasteiger partial charge in [0.15, 0.2) is 0 Å². The topological polar surface area (TPSA) is 38.0 Å². The van der Waals surface area contributed by atoms with E-state index in [4.69, 9.17) is 5.73 Å². The number of nitrogens with two attached hydrogens (primary N) is 1. The van der Waals surface area contributed by atoms with Crippen molar-refractivity contribution in [3.8, 4) is 11.8 Å². The molecule has 0 aromatic heterocycles. The molecule has 14 heavy (non-hydrogen) atoms. The first-order chi connectivity index (χ1) is 6.74. The Balaban J connectivity index is 2.66. The van der Waals surface area contributed by atoms with Gasteiger partial charge in [-0.05, 0) is 25.2 Å². The van der Waals surface area contributed by atoms with E-state index in [0.717, 1.165) is 18.5 Å². The Morgan fingerprint density at radius 3 is 2.93 bits per heavy atom. The molecule has 0 heterocycles. The molecule has 1 aromatic carbocycles.